The van der Waals surface area contributed by atoms with Gasteiger partial charge in [-0.3, -0.25) is 4.98 Å². The van der Waals surface area contributed by atoms with Gasteiger partial charge < -0.3 is 0 Å². The Kier molecular flexibility index (Phi) is 9.93. The Morgan fingerprint density at radius 2 is 0.545 bits per heavy atom. The van der Waals surface area contributed by atoms with E-state index >= 15 is 0 Å². The molecule has 1 nitrogen and oxygen atoms in total. The molecule has 0 aliphatic carbocycles. The zero-order valence-corrected chi connectivity index (χ0v) is 36.3. The van der Waals surface area contributed by atoms with Gasteiger partial charge in [0, 0.05) is 23.3 Å². The normalized spacial score (nSPS) is 11.3. The second kappa shape index (κ2) is 16.8. The molecule has 0 bridgehead atoms. The predicted octanol–water partition coefficient (Wildman–Crippen LogP) is 17.9. The molecule has 0 saturated heterocycles. The average molecular weight is 838 g/mol. The van der Waals surface area contributed by atoms with Gasteiger partial charge >= 0.3 is 0 Å². The Bertz CT molecular complexity index is 3660. The lowest BCUT2D eigenvalue weighted by molar-refractivity contribution is 1.36. The molecule has 66 heavy (non-hydrogen) atoms. The van der Waals surface area contributed by atoms with E-state index in [0.717, 1.165) is 22.1 Å². The minimum Gasteiger partial charge on any atom is -0.263 e. The number of rotatable bonds is 8. The standard InChI is InChI=1S/C65H43N/c1-5-21-44(22-6-1)58-41-59(64(46-25-9-3-10-26-46)65(47-27-11-4-12-28-47)63(58)45-23-7-2-8-24-45)48-30-19-32-50(39-48)61-54-35-15-17-37-56(54)62(57-38-18-16-36-55(57)61)51-33-20-31-49(40-51)60-43-66-42-52-29-13-14-34-53(52)60/h1-43H. The van der Waals surface area contributed by atoms with Crippen LogP contribution < -0.4 is 0 Å². The summed E-state index contributed by atoms with van der Waals surface area (Å²) < 4.78 is 0. The lowest BCUT2D eigenvalue weighted by atomic mass is 9.78. The molecule has 0 atom stereocenters. The molecular weight excluding hydrogens is 795 g/mol. The summed E-state index contributed by atoms with van der Waals surface area (Å²) in [6.07, 6.45) is 3.95. The number of hydrogen-bond acceptors (Lipinski definition) is 1. The molecule has 0 amide bonds. The fourth-order valence-electron chi connectivity index (χ4n) is 10.2. The Morgan fingerprint density at radius 1 is 0.197 bits per heavy atom. The van der Waals surface area contributed by atoms with Crippen molar-refractivity contribution in [2.75, 3.05) is 0 Å². The number of benzene rings is 11. The van der Waals surface area contributed by atoms with E-state index in [1.54, 1.807) is 0 Å². The van der Waals surface area contributed by atoms with Crippen molar-refractivity contribution in [1.29, 1.82) is 0 Å². The largest absolute Gasteiger partial charge is 0.263 e. The fraction of sp³-hybridized carbons (Fsp3) is 0. The summed E-state index contributed by atoms with van der Waals surface area (Å²) in [5.41, 5.74) is 19.0. The highest BCUT2D eigenvalue weighted by atomic mass is 14.6. The molecule has 1 heteroatoms. The highest BCUT2D eigenvalue weighted by Gasteiger charge is 2.25. The number of fused-ring (bicyclic) bond motifs is 3. The van der Waals surface area contributed by atoms with Crippen LogP contribution in [0.1, 0.15) is 0 Å². The zero-order chi connectivity index (χ0) is 43.8. The van der Waals surface area contributed by atoms with Crippen molar-refractivity contribution >= 4 is 32.3 Å². The quantitative estimate of drug-likeness (QED) is 0.139. The Labute approximate surface area is 385 Å². The van der Waals surface area contributed by atoms with E-state index in [0.29, 0.717) is 0 Å². The lowest BCUT2D eigenvalue weighted by Gasteiger charge is -2.25. The first-order chi connectivity index (χ1) is 32.8. The van der Waals surface area contributed by atoms with Gasteiger partial charge in [-0.1, -0.05) is 231 Å². The van der Waals surface area contributed by atoms with Crippen LogP contribution in [0, 0.1) is 0 Å². The Balaban J connectivity index is 1.12. The molecule has 0 saturated carbocycles. The highest BCUT2D eigenvalue weighted by molar-refractivity contribution is 6.22. The zero-order valence-electron chi connectivity index (χ0n) is 36.3. The van der Waals surface area contributed by atoms with Crippen molar-refractivity contribution in [2.24, 2.45) is 0 Å². The van der Waals surface area contributed by atoms with Gasteiger partial charge in [0.1, 0.15) is 0 Å². The van der Waals surface area contributed by atoms with Gasteiger partial charge in [-0.25, -0.2) is 0 Å². The van der Waals surface area contributed by atoms with Gasteiger partial charge in [-0.2, -0.15) is 0 Å². The lowest BCUT2D eigenvalue weighted by Crippen LogP contribution is -1.98. The molecule has 1 aromatic heterocycles. The molecule has 12 rings (SSSR count). The van der Waals surface area contributed by atoms with E-state index in [-0.39, 0.29) is 0 Å². The van der Waals surface area contributed by atoms with Crippen molar-refractivity contribution in [1.82, 2.24) is 4.98 Å². The first kappa shape index (κ1) is 39.0. The SMILES string of the molecule is c1ccc(-c2cc(-c3cccc(-c4c5ccccc5c(-c5cccc(-c6cncc7ccccc67)c5)c5ccccc45)c3)c(-c3ccccc3)c(-c3ccccc3)c2-c2ccccc2)cc1. The number of hydrogen-bond donors (Lipinski definition) is 0. The molecule has 0 aliphatic rings. The van der Waals surface area contributed by atoms with Gasteiger partial charge in [-0.05, 0) is 129 Å². The summed E-state index contributed by atoms with van der Waals surface area (Å²) in [7, 11) is 0. The molecule has 0 N–H and O–H groups in total. The molecule has 12 aromatic rings. The van der Waals surface area contributed by atoms with Gasteiger partial charge in [0.2, 0.25) is 0 Å². The molecule has 1 heterocycles. The molecule has 11 aromatic carbocycles. The Morgan fingerprint density at radius 3 is 1.03 bits per heavy atom. The van der Waals surface area contributed by atoms with Crippen LogP contribution in [0.15, 0.2) is 261 Å². The van der Waals surface area contributed by atoms with Crippen LogP contribution >= 0.6 is 0 Å². The molecule has 0 aliphatic heterocycles. The van der Waals surface area contributed by atoms with E-state index in [2.05, 4.69) is 254 Å². The van der Waals surface area contributed by atoms with Crippen LogP contribution in [0.4, 0.5) is 0 Å². The van der Waals surface area contributed by atoms with Crippen molar-refractivity contribution in [3.8, 4) is 89.0 Å². The second-order valence-electron chi connectivity index (χ2n) is 17.0. The molecule has 0 spiro atoms. The maximum atomic E-state index is 4.65. The van der Waals surface area contributed by atoms with Crippen LogP contribution in [-0.4, -0.2) is 4.98 Å². The number of aromatic nitrogens is 1. The van der Waals surface area contributed by atoms with E-state index in [4.69, 9.17) is 0 Å². The van der Waals surface area contributed by atoms with E-state index in [9.17, 15) is 0 Å². The maximum absolute atomic E-state index is 4.65. The van der Waals surface area contributed by atoms with E-state index in [1.807, 2.05) is 12.4 Å². The third kappa shape index (κ3) is 6.86. The summed E-state index contributed by atoms with van der Waals surface area (Å²) in [4.78, 5) is 4.65. The minimum absolute atomic E-state index is 1.13. The summed E-state index contributed by atoms with van der Waals surface area (Å²) in [6, 6.07) is 90.8. The summed E-state index contributed by atoms with van der Waals surface area (Å²) in [6.45, 7) is 0. The Hall–Kier alpha value is -8.65. The molecule has 308 valence electrons. The summed E-state index contributed by atoms with van der Waals surface area (Å²) >= 11 is 0. The average Bonchev–Trinajstić information content (AvgIpc) is 3.40. The van der Waals surface area contributed by atoms with Crippen molar-refractivity contribution in [3.63, 3.8) is 0 Å². The molecular formula is C65H43N. The number of nitrogens with zero attached hydrogens (tertiary/aromatic N) is 1. The van der Waals surface area contributed by atoms with Crippen molar-refractivity contribution < 1.29 is 0 Å². The highest BCUT2D eigenvalue weighted by Crippen LogP contribution is 2.51. The smallest absolute Gasteiger partial charge is 0.0352 e. The van der Waals surface area contributed by atoms with E-state index < -0.39 is 0 Å². The third-order valence-corrected chi connectivity index (χ3v) is 13.1. The topological polar surface area (TPSA) is 12.9 Å². The first-order valence-electron chi connectivity index (χ1n) is 22.7. The summed E-state index contributed by atoms with van der Waals surface area (Å²) in [5, 5.41) is 7.22. The van der Waals surface area contributed by atoms with Gasteiger partial charge in [0.05, 0.1) is 0 Å². The fourth-order valence-corrected chi connectivity index (χ4v) is 10.2. The monoisotopic (exact) mass is 837 g/mol. The van der Waals surface area contributed by atoms with Gasteiger partial charge in [0.25, 0.3) is 0 Å². The van der Waals surface area contributed by atoms with Gasteiger partial charge in [0.15, 0.2) is 0 Å². The third-order valence-electron chi connectivity index (χ3n) is 13.1. The van der Waals surface area contributed by atoms with Crippen LogP contribution in [-0.2, 0) is 0 Å². The maximum Gasteiger partial charge on any atom is 0.0352 e. The van der Waals surface area contributed by atoms with Crippen LogP contribution in [0.3, 0.4) is 0 Å². The number of pyridine rings is 1. The minimum atomic E-state index is 1.13. The molecule has 0 fully saturated rings. The van der Waals surface area contributed by atoms with E-state index in [1.165, 1.54) is 99.3 Å². The summed E-state index contributed by atoms with van der Waals surface area (Å²) in [5.74, 6) is 0. The first-order valence-corrected chi connectivity index (χ1v) is 22.7. The van der Waals surface area contributed by atoms with Gasteiger partial charge in [-0.15, -0.1) is 0 Å². The van der Waals surface area contributed by atoms with Crippen LogP contribution in [0.2, 0.25) is 0 Å². The predicted molar refractivity (Wildman–Crippen MR) is 280 cm³/mol. The van der Waals surface area contributed by atoms with Crippen LogP contribution in [0.25, 0.3) is 121 Å². The van der Waals surface area contributed by atoms with Crippen molar-refractivity contribution in [3.05, 3.63) is 261 Å². The van der Waals surface area contributed by atoms with Crippen LogP contribution in [0.5, 0.6) is 0 Å². The second-order valence-corrected chi connectivity index (χ2v) is 17.0. The molecule has 0 radical (unpaired) electrons. The van der Waals surface area contributed by atoms with Crippen molar-refractivity contribution in [2.45, 2.75) is 0 Å². The molecule has 0 unspecified atom stereocenters.